The lowest BCUT2D eigenvalue weighted by molar-refractivity contribution is -0.128. The number of carbonyl (C=O) groups excluding carboxylic acids is 1. The van der Waals surface area contributed by atoms with E-state index in [0.29, 0.717) is 0 Å². The van der Waals surface area contributed by atoms with E-state index in [9.17, 15) is 9.00 Å². The average molecular weight is 295 g/mol. The molecule has 0 aromatic heterocycles. The van der Waals surface area contributed by atoms with Gasteiger partial charge in [-0.25, -0.2) is 0 Å². The minimum atomic E-state index is -1.24. The molecule has 0 saturated carbocycles. The van der Waals surface area contributed by atoms with Crippen molar-refractivity contribution >= 4 is 16.7 Å². The van der Waals surface area contributed by atoms with Crippen LogP contribution in [0.1, 0.15) is 39.5 Å². The van der Waals surface area contributed by atoms with E-state index in [4.69, 9.17) is 0 Å². The van der Waals surface area contributed by atoms with Gasteiger partial charge in [0.15, 0.2) is 0 Å². The number of hydrogen-bond donors (Lipinski definition) is 0. The molecular weight excluding hydrogens is 270 g/mol. The summed E-state index contributed by atoms with van der Waals surface area (Å²) >= 11 is 0. The number of amides is 1. The average Bonchev–Trinajstić information content (AvgIpc) is 2.48. The molecule has 1 aromatic rings. The maximum absolute atomic E-state index is 12.3. The summed E-state index contributed by atoms with van der Waals surface area (Å²) in [6.45, 7) is 5.79. The minimum Gasteiger partial charge on any atom is -0.342 e. The third-order valence-corrected chi connectivity index (χ3v) is 4.48. The zero-order valence-corrected chi connectivity index (χ0v) is 13.3. The van der Waals surface area contributed by atoms with E-state index in [-0.39, 0.29) is 11.7 Å². The van der Waals surface area contributed by atoms with Crippen LogP contribution in [0.3, 0.4) is 0 Å². The van der Waals surface area contributed by atoms with Gasteiger partial charge >= 0.3 is 0 Å². The normalized spacial score (nSPS) is 12.1. The summed E-state index contributed by atoms with van der Waals surface area (Å²) < 4.78 is 12.2. The van der Waals surface area contributed by atoms with E-state index in [1.807, 2.05) is 35.2 Å². The Hall–Kier alpha value is -1.16. The van der Waals surface area contributed by atoms with Gasteiger partial charge in [-0.2, -0.15) is 0 Å². The molecule has 20 heavy (non-hydrogen) atoms. The van der Waals surface area contributed by atoms with Gasteiger partial charge in [-0.3, -0.25) is 9.00 Å². The van der Waals surface area contributed by atoms with Crippen LogP contribution in [-0.4, -0.2) is 33.9 Å². The Morgan fingerprint density at radius 1 is 1.05 bits per heavy atom. The summed E-state index contributed by atoms with van der Waals surface area (Å²) in [5.74, 6) is 0.103. The van der Waals surface area contributed by atoms with Crippen molar-refractivity contribution in [1.82, 2.24) is 4.90 Å². The first kappa shape index (κ1) is 16.9. The molecule has 1 unspecified atom stereocenters. The zero-order chi connectivity index (χ0) is 14.8. The maximum atomic E-state index is 12.3. The maximum Gasteiger partial charge on any atom is 0.235 e. The quantitative estimate of drug-likeness (QED) is 0.701. The summed E-state index contributed by atoms with van der Waals surface area (Å²) in [6, 6.07) is 9.21. The topological polar surface area (TPSA) is 37.4 Å². The molecule has 0 bridgehead atoms. The number of rotatable bonds is 9. The SMILES string of the molecule is CCCCN(CCCC)C(=O)CS(=O)c1ccccc1. The van der Waals surface area contributed by atoms with Crippen LogP contribution < -0.4 is 0 Å². The Balaban J connectivity index is 2.58. The summed E-state index contributed by atoms with van der Waals surface area (Å²) in [5, 5.41) is 0. The Kier molecular flexibility index (Phi) is 8.19. The molecule has 3 nitrogen and oxygen atoms in total. The predicted molar refractivity (Wildman–Crippen MR) is 84.1 cm³/mol. The molecule has 1 amide bonds. The van der Waals surface area contributed by atoms with Gasteiger partial charge in [-0.05, 0) is 25.0 Å². The second-order valence-electron chi connectivity index (χ2n) is 4.89. The lowest BCUT2D eigenvalue weighted by Gasteiger charge is -2.22. The molecule has 0 aliphatic carbocycles. The van der Waals surface area contributed by atoms with Crippen LogP contribution in [0.5, 0.6) is 0 Å². The van der Waals surface area contributed by atoms with Gasteiger partial charge in [0, 0.05) is 18.0 Å². The zero-order valence-electron chi connectivity index (χ0n) is 12.5. The van der Waals surface area contributed by atoms with Gasteiger partial charge in [-0.1, -0.05) is 44.9 Å². The summed E-state index contributed by atoms with van der Waals surface area (Å²) in [7, 11) is -1.24. The molecule has 0 aliphatic rings. The highest BCUT2D eigenvalue weighted by Crippen LogP contribution is 2.08. The molecule has 0 fully saturated rings. The summed E-state index contributed by atoms with van der Waals surface area (Å²) in [6.07, 6.45) is 4.15. The lowest BCUT2D eigenvalue weighted by Crippen LogP contribution is -2.36. The first-order valence-electron chi connectivity index (χ1n) is 7.40. The smallest absolute Gasteiger partial charge is 0.235 e. The fraction of sp³-hybridized carbons (Fsp3) is 0.562. The Morgan fingerprint density at radius 2 is 1.60 bits per heavy atom. The fourth-order valence-corrected chi connectivity index (χ4v) is 2.95. The van der Waals surface area contributed by atoms with Crippen molar-refractivity contribution in [3.05, 3.63) is 30.3 Å². The Morgan fingerprint density at radius 3 is 2.10 bits per heavy atom. The molecule has 0 heterocycles. The molecule has 0 saturated heterocycles. The molecule has 112 valence electrons. The van der Waals surface area contributed by atoms with E-state index < -0.39 is 10.8 Å². The number of nitrogens with zero attached hydrogens (tertiary/aromatic N) is 1. The number of unbranched alkanes of at least 4 members (excludes halogenated alkanes) is 2. The van der Waals surface area contributed by atoms with Crippen LogP contribution in [-0.2, 0) is 15.6 Å². The van der Waals surface area contributed by atoms with Gasteiger partial charge < -0.3 is 4.90 Å². The van der Waals surface area contributed by atoms with Crippen molar-refractivity contribution < 1.29 is 9.00 Å². The standard InChI is InChI=1S/C16H25NO2S/c1-3-5-12-17(13-6-4-2)16(18)14-20(19)15-10-8-7-9-11-15/h7-11H,3-6,12-14H2,1-2H3. The number of hydrogen-bond acceptors (Lipinski definition) is 2. The molecule has 1 atom stereocenters. The van der Waals surface area contributed by atoms with Crippen LogP contribution in [0.25, 0.3) is 0 Å². The second-order valence-corrected chi connectivity index (χ2v) is 6.34. The van der Waals surface area contributed by atoms with E-state index in [2.05, 4.69) is 13.8 Å². The summed E-state index contributed by atoms with van der Waals surface area (Å²) in [5.41, 5.74) is 0. The van der Waals surface area contributed by atoms with E-state index in [0.717, 1.165) is 43.7 Å². The van der Waals surface area contributed by atoms with Crippen molar-refractivity contribution in [2.45, 2.75) is 44.4 Å². The predicted octanol–water partition coefficient (Wildman–Crippen LogP) is 3.22. The first-order chi connectivity index (χ1) is 9.69. The number of benzene rings is 1. The van der Waals surface area contributed by atoms with Gasteiger partial charge in [0.25, 0.3) is 0 Å². The summed E-state index contributed by atoms with van der Waals surface area (Å²) in [4.78, 5) is 14.9. The molecule has 4 heteroatoms. The molecule has 0 N–H and O–H groups in total. The van der Waals surface area contributed by atoms with Crippen molar-refractivity contribution in [3.63, 3.8) is 0 Å². The molecular formula is C16H25NO2S. The molecule has 0 spiro atoms. The van der Waals surface area contributed by atoms with Gasteiger partial charge in [-0.15, -0.1) is 0 Å². The van der Waals surface area contributed by atoms with Crippen LogP contribution in [0, 0.1) is 0 Å². The van der Waals surface area contributed by atoms with E-state index >= 15 is 0 Å². The van der Waals surface area contributed by atoms with Crippen LogP contribution in [0.15, 0.2) is 35.2 Å². The first-order valence-corrected chi connectivity index (χ1v) is 8.72. The minimum absolute atomic E-state index is 0.00841. The van der Waals surface area contributed by atoms with E-state index in [1.54, 1.807) is 0 Å². The highest BCUT2D eigenvalue weighted by atomic mass is 32.2. The highest BCUT2D eigenvalue weighted by Gasteiger charge is 2.16. The Bertz CT molecular complexity index is 412. The third-order valence-electron chi connectivity index (χ3n) is 3.18. The van der Waals surface area contributed by atoms with Gasteiger partial charge in [0.05, 0.1) is 10.8 Å². The molecule has 1 rings (SSSR count). The van der Waals surface area contributed by atoms with Crippen LogP contribution >= 0.6 is 0 Å². The monoisotopic (exact) mass is 295 g/mol. The van der Waals surface area contributed by atoms with Crippen molar-refractivity contribution in [1.29, 1.82) is 0 Å². The molecule has 0 aliphatic heterocycles. The highest BCUT2D eigenvalue weighted by molar-refractivity contribution is 7.85. The number of carbonyl (C=O) groups is 1. The van der Waals surface area contributed by atoms with Crippen molar-refractivity contribution in [2.24, 2.45) is 0 Å². The molecule has 0 radical (unpaired) electrons. The largest absolute Gasteiger partial charge is 0.342 e. The fourth-order valence-electron chi connectivity index (χ4n) is 1.92. The van der Waals surface area contributed by atoms with Crippen molar-refractivity contribution in [2.75, 3.05) is 18.8 Å². The van der Waals surface area contributed by atoms with Crippen LogP contribution in [0.4, 0.5) is 0 Å². The third kappa shape index (κ3) is 5.87. The Labute approximate surface area is 124 Å². The second kappa shape index (κ2) is 9.70. The van der Waals surface area contributed by atoms with Gasteiger partial charge in [0.2, 0.25) is 5.91 Å². The molecule has 1 aromatic carbocycles. The van der Waals surface area contributed by atoms with E-state index in [1.165, 1.54) is 0 Å². The van der Waals surface area contributed by atoms with Gasteiger partial charge in [0.1, 0.15) is 5.75 Å². The lowest BCUT2D eigenvalue weighted by atomic mass is 10.2. The van der Waals surface area contributed by atoms with Crippen molar-refractivity contribution in [3.8, 4) is 0 Å². The van der Waals surface area contributed by atoms with Crippen LogP contribution in [0.2, 0.25) is 0 Å².